The maximum Gasteiger partial charge on any atom is 0.259 e. The molecule has 6 nitrogen and oxygen atoms in total. The molecule has 0 atom stereocenters. The molecular weight excluding hydrogens is 296 g/mol. The van der Waals surface area contributed by atoms with E-state index in [1.54, 1.807) is 49.5 Å². The first-order valence-corrected chi connectivity index (χ1v) is 6.95. The highest BCUT2D eigenvalue weighted by molar-refractivity contribution is 6.07. The largest absolute Gasteiger partial charge is 0.493 e. The van der Waals surface area contributed by atoms with Gasteiger partial charge in [-0.1, -0.05) is 6.07 Å². The average Bonchev–Trinajstić information content (AvgIpc) is 2.60. The minimum Gasteiger partial charge on any atom is -0.493 e. The van der Waals surface area contributed by atoms with Crippen molar-refractivity contribution >= 4 is 17.5 Å². The van der Waals surface area contributed by atoms with Gasteiger partial charge in [0.2, 0.25) is 0 Å². The number of carbonyl (C=O) groups excluding carboxylic acids is 2. The molecule has 0 aliphatic rings. The van der Waals surface area contributed by atoms with E-state index in [0.717, 1.165) is 0 Å². The SMILES string of the molecule is CNC(=O)c1ccc(NC(=O)c2cccc(OC)c2OC)cc1. The van der Waals surface area contributed by atoms with E-state index < -0.39 is 0 Å². The zero-order valence-electron chi connectivity index (χ0n) is 13.2. The number of ether oxygens (including phenoxy) is 2. The summed E-state index contributed by atoms with van der Waals surface area (Å²) < 4.78 is 10.4. The Balaban J connectivity index is 2.21. The standard InChI is InChI=1S/C17H18N2O4/c1-18-16(20)11-7-9-12(10-8-11)19-17(21)13-5-4-6-14(22-2)15(13)23-3/h4-10H,1-3H3,(H,18,20)(H,19,21). The molecule has 2 aromatic carbocycles. The molecule has 0 aliphatic carbocycles. The molecular formula is C17H18N2O4. The third kappa shape index (κ3) is 3.60. The number of amides is 2. The predicted molar refractivity (Wildman–Crippen MR) is 87.3 cm³/mol. The first-order chi connectivity index (χ1) is 11.1. The Morgan fingerprint density at radius 2 is 1.61 bits per heavy atom. The van der Waals surface area contributed by atoms with Gasteiger partial charge in [0.15, 0.2) is 11.5 Å². The van der Waals surface area contributed by atoms with E-state index in [1.807, 2.05) is 0 Å². The van der Waals surface area contributed by atoms with Crippen molar-refractivity contribution < 1.29 is 19.1 Å². The second-order valence-corrected chi connectivity index (χ2v) is 4.65. The average molecular weight is 314 g/mol. The number of hydrogen-bond acceptors (Lipinski definition) is 4. The normalized spacial score (nSPS) is 9.87. The van der Waals surface area contributed by atoms with Crippen LogP contribution in [0.25, 0.3) is 0 Å². The Hall–Kier alpha value is -3.02. The topological polar surface area (TPSA) is 76.7 Å². The number of hydrogen-bond donors (Lipinski definition) is 2. The number of carbonyl (C=O) groups is 2. The summed E-state index contributed by atoms with van der Waals surface area (Å²) in [5, 5.41) is 5.30. The molecule has 0 unspecified atom stereocenters. The van der Waals surface area contributed by atoms with E-state index in [9.17, 15) is 9.59 Å². The maximum absolute atomic E-state index is 12.4. The second kappa shape index (κ2) is 7.31. The highest BCUT2D eigenvalue weighted by Gasteiger charge is 2.16. The van der Waals surface area contributed by atoms with Crippen LogP contribution in [0.15, 0.2) is 42.5 Å². The van der Waals surface area contributed by atoms with E-state index >= 15 is 0 Å². The molecule has 0 bridgehead atoms. The van der Waals surface area contributed by atoms with Gasteiger partial charge in [-0.15, -0.1) is 0 Å². The number of para-hydroxylation sites is 1. The van der Waals surface area contributed by atoms with Crippen molar-refractivity contribution in [2.45, 2.75) is 0 Å². The third-order valence-corrected chi connectivity index (χ3v) is 3.28. The van der Waals surface area contributed by atoms with E-state index in [0.29, 0.717) is 28.3 Å². The lowest BCUT2D eigenvalue weighted by atomic mass is 10.1. The lowest BCUT2D eigenvalue weighted by Crippen LogP contribution is -2.18. The molecule has 0 fully saturated rings. The number of anilines is 1. The van der Waals surface area contributed by atoms with Gasteiger partial charge in [-0.3, -0.25) is 9.59 Å². The highest BCUT2D eigenvalue weighted by atomic mass is 16.5. The summed E-state index contributed by atoms with van der Waals surface area (Å²) in [6, 6.07) is 11.7. The van der Waals surface area contributed by atoms with Crippen LogP contribution < -0.4 is 20.1 Å². The molecule has 0 aromatic heterocycles. The van der Waals surface area contributed by atoms with Crippen molar-refractivity contribution in [3.63, 3.8) is 0 Å². The van der Waals surface area contributed by atoms with Crippen molar-refractivity contribution in [1.29, 1.82) is 0 Å². The molecule has 0 spiro atoms. The van der Waals surface area contributed by atoms with Crippen molar-refractivity contribution in [3.05, 3.63) is 53.6 Å². The smallest absolute Gasteiger partial charge is 0.259 e. The minimum atomic E-state index is -0.326. The van der Waals surface area contributed by atoms with Crippen LogP contribution in [0.3, 0.4) is 0 Å². The zero-order valence-corrected chi connectivity index (χ0v) is 13.2. The molecule has 23 heavy (non-hydrogen) atoms. The molecule has 2 rings (SSSR count). The van der Waals surface area contributed by atoms with Crippen molar-refractivity contribution in [3.8, 4) is 11.5 Å². The summed E-state index contributed by atoms with van der Waals surface area (Å²) in [5.74, 6) is 0.343. The van der Waals surface area contributed by atoms with Gasteiger partial charge in [-0.25, -0.2) is 0 Å². The Bertz CT molecular complexity index is 711. The van der Waals surface area contributed by atoms with E-state index in [1.165, 1.54) is 14.2 Å². The van der Waals surface area contributed by atoms with Gasteiger partial charge in [0.1, 0.15) is 0 Å². The number of rotatable bonds is 5. The van der Waals surface area contributed by atoms with Crippen molar-refractivity contribution in [2.75, 3.05) is 26.6 Å². The monoisotopic (exact) mass is 314 g/mol. The van der Waals surface area contributed by atoms with Crippen molar-refractivity contribution in [1.82, 2.24) is 5.32 Å². The fourth-order valence-electron chi connectivity index (χ4n) is 2.11. The minimum absolute atomic E-state index is 0.183. The van der Waals surface area contributed by atoms with Crippen LogP contribution in [0.4, 0.5) is 5.69 Å². The molecule has 2 amide bonds. The predicted octanol–water partition coefficient (Wildman–Crippen LogP) is 2.32. The van der Waals surface area contributed by atoms with E-state index in [2.05, 4.69) is 10.6 Å². The van der Waals surface area contributed by atoms with Crippen LogP contribution in [0, 0.1) is 0 Å². The second-order valence-electron chi connectivity index (χ2n) is 4.65. The summed E-state index contributed by atoms with van der Waals surface area (Å²) in [6.45, 7) is 0. The molecule has 0 radical (unpaired) electrons. The lowest BCUT2D eigenvalue weighted by molar-refractivity contribution is 0.0962. The maximum atomic E-state index is 12.4. The zero-order chi connectivity index (χ0) is 16.8. The van der Waals surface area contributed by atoms with Gasteiger partial charge >= 0.3 is 0 Å². The van der Waals surface area contributed by atoms with Crippen LogP contribution in [-0.4, -0.2) is 33.1 Å². The summed E-state index contributed by atoms with van der Waals surface area (Å²) in [5.41, 5.74) is 1.46. The number of methoxy groups -OCH3 is 2. The van der Waals surface area contributed by atoms with Gasteiger partial charge in [0, 0.05) is 18.3 Å². The Kier molecular flexibility index (Phi) is 5.19. The Morgan fingerprint density at radius 3 is 2.17 bits per heavy atom. The third-order valence-electron chi connectivity index (χ3n) is 3.28. The summed E-state index contributed by atoms with van der Waals surface area (Å²) in [6.07, 6.45) is 0. The molecule has 0 saturated carbocycles. The first-order valence-electron chi connectivity index (χ1n) is 6.95. The highest BCUT2D eigenvalue weighted by Crippen LogP contribution is 2.31. The Labute approximate surface area is 134 Å². The van der Waals surface area contributed by atoms with Gasteiger partial charge in [0.05, 0.1) is 19.8 Å². The molecule has 2 aromatic rings. The number of nitrogens with one attached hydrogen (secondary N) is 2. The summed E-state index contributed by atoms with van der Waals surface area (Å²) in [4.78, 5) is 23.9. The molecule has 120 valence electrons. The molecule has 6 heteroatoms. The van der Waals surface area contributed by atoms with Crippen molar-refractivity contribution in [2.24, 2.45) is 0 Å². The van der Waals surface area contributed by atoms with Gasteiger partial charge in [-0.2, -0.15) is 0 Å². The van der Waals surface area contributed by atoms with Crippen LogP contribution >= 0.6 is 0 Å². The summed E-state index contributed by atoms with van der Waals surface area (Å²) >= 11 is 0. The van der Waals surface area contributed by atoms with Gasteiger partial charge < -0.3 is 20.1 Å². The lowest BCUT2D eigenvalue weighted by Gasteiger charge is -2.12. The van der Waals surface area contributed by atoms with Crippen LogP contribution in [0.2, 0.25) is 0 Å². The molecule has 2 N–H and O–H groups in total. The fourth-order valence-corrected chi connectivity index (χ4v) is 2.11. The van der Waals surface area contributed by atoms with Crippen LogP contribution in [-0.2, 0) is 0 Å². The van der Waals surface area contributed by atoms with Gasteiger partial charge in [0.25, 0.3) is 11.8 Å². The van der Waals surface area contributed by atoms with E-state index in [-0.39, 0.29) is 11.8 Å². The summed E-state index contributed by atoms with van der Waals surface area (Å²) in [7, 11) is 4.55. The Morgan fingerprint density at radius 1 is 0.913 bits per heavy atom. The van der Waals surface area contributed by atoms with E-state index in [4.69, 9.17) is 9.47 Å². The quantitative estimate of drug-likeness (QED) is 0.888. The molecule has 0 aliphatic heterocycles. The molecule has 0 heterocycles. The number of benzene rings is 2. The molecule has 0 saturated heterocycles. The van der Waals surface area contributed by atoms with Crippen LogP contribution in [0.5, 0.6) is 11.5 Å². The van der Waals surface area contributed by atoms with Crippen LogP contribution in [0.1, 0.15) is 20.7 Å². The first kappa shape index (κ1) is 16.4. The fraction of sp³-hybridized carbons (Fsp3) is 0.176. The van der Waals surface area contributed by atoms with Gasteiger partial charge in [-0.05, 0) is 36.4 Å².